The maximum Gasteiger partial charge on any atom is 0.153 e. The maximum atomic E-state index is 5.96. The van der Waals surface area contributed by atoms with Crippen LogP contribution in [-0.2, 0) is 0 Å². The molecule has 3 aromatic heterocycles. The minimum absolute atomic E-state index is 0.813. The predicted molar refractivity (Wildman–Crippen MR) is 131 cm³/mol. The Labute approximate surface area is 184 Å². The van der Waals surface area contributed by atoms with Gasteiger partial charge >= 0.3 is 0 Å². The Morgan fingerprint density at radius 3 is 2.03 bits per heavy atom. The molecule has 32 heavy (non-hydrogen) atoms. The van der Waals surface area contributed by atoms with Gasteiger partial charge in [0, 0.05) is 27.4 Å². The first-order valence-electron chi connectivity index (χ1n) is 10.7. The number of pyridine rings is 1. The van der Waals surface area contributed by atoms with Crippen molar-refractivity contribution in [3.8, 4) is 16.9 Å². The highest BCUT2D eigenvalue weighted by molar-refractivity contribution is 6.09. The lowest BCUT2D eigenvalue weighted by Crippen LogP contribution is -1.94. The van der Waals surface area contributed by atoms with Gasteiger partial charge in [-0.1, -0.05) is 60.7 Å². The van der Waals surface area contributed by atoms with E-state index in [2.05, 4.69) is 83.4 Å². The number of nitrogens with zero attached hydrogens (tertiary/aromatic N) is 2. The molecule has 0 unspecified atom stereocenters. The van der Waals surface area contributed by atoms with Crippen LogP contribution in [0.4, 0.5) is 0 Å². The van der Waals surface area contributed by atoms with Crippen LogP contribution in [0.2, 0.25) is 0 Å². The minimum atomic E-state index is 0.813. The molecule has 0 atom stereocenters. The second-order valence-corrected chi connectivity index (χ2v) is 8.06. The standard InChI is InChI=1S/C29H18N2O/c1-4-13-25-21(10-1)22-11-2-5-14-26(22)31(25)20-9-7-8-19(18-20)24-16-17-28-29(30-24)23-12-3-6-15-27(23)32-28/h1-18H. The molecule has 0 aliphatic carbocycles. The molecule has 3 nitrogen and oxygen atoms in total. The maximum absolute atomic E-state index is 5.96. The highest BCUT2D eigenvalue weighted by Gasteiger charge is 2.13. The topological polar surface area (TPSA) is 31.0 Å². The SMILES string of the molecule is c1cc(-c2ccc3oc4ccccc4c3n2)cc(-n2c3ccccc3c3ccccc32)c1. The molecule has 0 fully saturated rings. The summed E-state index contributed by atoms with van der Waals surface area (Å²) in [5.41, 5.74) is 8.13. The molecule has 0 aliphatic heterocycles. The third-order valence-corrected chi connectivity index (χ3v) is 6.20. The number of aromatic nitrogens is 2. The van der Waals surface area contributed by atoms with Crippen molar-refractivity contribution in [2.75, 3.05) is 0 Å². The average Bonchev–Trinajstić information content (AvgIpc) is 3.39. The van der Waals surface area contributed by atoms with E-state index in [9.17, 15) is 0 Å². The number of para-hydroxylation sites is 3. The third kappa shape index (κ3) is 2.45. The van der Waals surface area contributed by atoms with Gasteiger partial charge in [-0.2, -0.15) is 0 Å². The number of hydrogen-bond acceptors (Lipinski definition) is 2. The highest BCUT2D eigenvalue weighted by Crippen LogP contribution is 2.34. The van der Waals surface area contributed by atoms with Crippen molar-refractivity contribution < 1.29 is 4.42 Å². The molecule has 0 aliphatic rings. The first-order chi connectivity index (χ1) is 15.9. The summed E-state index contributed by atoms with van der Waals surface area (Å²) in [5.74, 6) is 0. The molecule has 150 valence electrons. The Morgan fingerprint density at radius 2 is 1.25 bits per heavy atom. The van der Waals surface area contributed by atoms with E-state index in [1.807, 2.05) is 30.3 Å². The molecule has 7 rings (SSSR count). The molecule has 3 heteroatoms. The van der Waals surface area contributed by atoms with Crippen LogP contribution in [0.1, 0.15) is 0 Å². The molecule has 0 N–H and O–H groups in total. The van der Waals surface area contributed by atoms with Crippen molar-refractivity contribution in [2.45, 2.75) is 0 Å². The van der Waals surface area contributed by atoms with Crippen LogP contribution >= 0.6 is 0 Å². The molecule has 0 saturated carbocycles. The van der Waals surface area contributed by atoms with Gasteiger partial charge in [0.25, 0.3) is 0 Å². The molecule has 0 radical (unpaired) electrons. The van der Waals surface area contributed by atoms with Crippen molar-refractivity contribution in [1.29, 1.82) is 0 Å². The van der Waals surface area contributed by atoms with E-state index in [1.165, 1.54) is 21.8 Å². The van der Waals surface area contributed by atoms with Crippen LogP contribution in [0, 0.1) is 0 Å². The van der Waals surface area contributed by atoms with Gasteiger partial charge in [0.05, 0.1) is 16.7 Å². The first kappa shape index (κ1) is 17.3. The number of furan rings is 1. The summed E-state index contributed by atoms with van der Waals surface area (Å²) in [6.45, 7) is 0. The molecule has 0 bridgehead atoms. The van der Waals surface area contributed by atoms with E-state index in [0.717, 1.165) is 39.0 Å². The highest BCUT2D eigenvalue weighted by atomic mass is 16.3. The zero-order valence-corrected chi connectivity index (χ0v) is 17.2. The Hall–Kier alpha value is -4.37. The summed E-state index contributed by atoms with van der Waals surface area (Å²) in [5, 5.41) is 3.57. The second kappa shape index (κ2) is 6.56. The van der Waals surface area contributed by atoms with Crippen molar-refractivity contribution in [3.05, 3.63) is 109 Å². The largest absolute Gasteiger partial charge is 0.454 e. The van der Waals surface area contributed by atoms with Crippen LogP contribution < -0.4 is 0 Å². The quantitative estimate of drug-likeness (QED) is 0.292. The van der Waals surface area contributed by atoms with Gasteiger partial charge in [-0.3, -0.25) is 0 Å². The fraction of sp³-hybridized carbons (Fsp3) is 0. The zero-order valence-electron chi connectivity index (χ0n) is 17.2. The molecule has 0 amide bonds. The van der Waals surface area contributed by atoms with E-state index in [1.54, 1.807) is 0 Å². The summed E-state index contributed by atoms with van der Waals surface area (Å²) in [4.78, 5) is 4.98. The van der Waals surface area contributed by atoms with Gasteiger partial charge in [-0.25, -0.2) is 4.98 Å². The van der Waals surface area contributed by atoms with Gasteiger partial charge in [-0.05, 0) is 48.5 Å². The van der Waals surface area contributed by atoms with Crippen molar-refractivity contribution in [2.24, 2.45) is 0 Å². The van der Waals surface area contributed by atoms with Crippen LogP contribution in [0.5, 0.6) is 0 Å². The molecule has 3 heterocycles. The molecular weight excluding hydrogens is 392 g/mol. The van der Waals surface area contributed by atoms with Gasteiger partial charge in [0.2, 0.25) is 0 Å². The fourth-order valence-electron chi connectivity index (χ4n) is 4.76. The van der Waals surface area contributed by atoms with Crippen LogP contribution in [-0.4, -0.2) is 9.55 Å². The minimum Gasteiger partial charge on any atom is -0.454 e. The van der Waals surface area contributed by atoms with Gasteiger partial charge in [0.15, 0.2) is 5.58 Å². The van der Waals surface area contributed by atoms with Crippen molar-refractivity contribution >= 4 is 43.9 Å². The average molecular weight is 410 g/mol. The van der Waals surface area contributed by atoms with Gasteiger partial charge in [0.1, 0.15) is 11.1 Å². The number of rotatable bonds is 2. The Kier molecular flexibility index (Phi) is 3.55. The summed E-state index contributed by atoms with van der Waals surface area (Å²) in [6.07, 6.45) is 0. The third-order valence-electron chi connectivity index (χ3n) is 6.20. The number of fused-ring (bicyclic) bond motifs is 6. The second-order valence-electron chi connectivity index (χ2n) is 8.06. The normalized spacial score (nSPS) is 11.8. The number of benzene rings is 4. The molecule has 0 saturated heterocycles. The predicted octanol–water partition coefficient (Wildman–Crippen LogP) is 7.75. The molecule has 0 spiro atoms. The molecular formula is C29H18N2O. The summed E-state index contributed by atoms with van der Waals surface area (Å²) < 4.78 is 8.29. The first-order valence-corrected chi connectivity index (χ1v) is 10.7. The lowest BCUT2D eigenvalue weighted by molar-refractivity contribution is 0.668. The monoisotopic (exact) mass is 410 g/mol. The van der Waals surface area contributed by atoms with E-state index < -0.39 is 0 Å². The van der Waals surface area contributed by atoms with Crippen LogP contribution in [0.3, 0.4) is 0 Å². The van der Waals surface area contributed by atoms with E-state index in [0.29, 0.717) is 0 Å². The van der Waals surface area contributed by atoms with Gasteiger partial charge in [-0.15, -0.1) is 0 Å². The van der Waals surface area contributed by atoms with Crippen LogP contribution in [0.25, 0.3) is 60.8 Å². The molecule has 7 aromatic rings. The van der Waals surface area contributed by atoms with Gasteiger partial charge < -0.3 is 8.98 Å². The van der Waals surface area contributed by atoms with E-state index >= 15 is 0 Å². The fourth-order valence-corrected chi connectivity index (χ4v) is 4.76. The summed E-state index contributed by atoms with van der Waals surface area (Å²) in [7, 11) is 0. The Morgan fingerprint density at radius 1 is 0.562 bits per heavy atom. The Balaban J connectivity index is 1.45. The smallest absolute Gasteiger partial charge is 0.153 e. The van der Waals surface area contributed by atoms with Crippen molar-refractivity contribution in [1.82, 2.24) is 9.55 Å². The van der Waals surface area contributed by atoms with Crippen LogP contribution in [0.15, 0.2) is 114 Å². The lowest BCUT2D eigenvalue weighted by atomic mass is 10.1. The lowest BCUT2D eigenvalue weighted by Gasteiger charge is -2.10. The molecule has 4 aromatic carbocycles. The summed E-state index contributed by atoms with van der Waals surface area (Å²) in [6, 6.07) is 37.9. The van der Waals surface area contributed by atoms with E-state index in [-0.39, 0.29) is 0 Å². The Bertz CT molecular complexity index is 1730. The van der Waals surface area contributed by atoms with Crippen molar-refractivity contribution in [3.63, 3.8) is 0 Å². The zero-order chi connectivity index (χ0) is 21.1. The van der Waals surface area contributed by atoms with E-state index in [4.69, 9.17) is 9.40 Å². The number of hydrogen-bond donors (Lipinski definition) is 0. The summed E-state index contributed by atoms with van der Waals surface area (Å²) >= 11 is 0.